The lowest BCUT2D eigenvalue weighted by atomic mass is 10.1. The van der Waals surface area contributed by atoms with E-state index in [1.165, 1.54) is 0 Å². The van der Waals surface area contributed by atoms with Crippen molar-refractivity contribution in [1.29, 1.82) is 0 Å². The molecule has 118 valence electrons. The molecule has 1 atom stereocenters. The van der Waals surface area contributed by atoms with Gasteiger partial charge in [-0.15, -0.1) is 0 Å². The molecule has 2 N–H and O–H groups in total. The van der Waals surface area contributed by atoms with Gasteiger partial charge in [-0.25, -0.2) is 4.98 Å². The maximum atomic E-state index is 12.5. The Labute approximate surface area is 130 Å². The standard InChI is InChI=1S/C15H14ClF3N2O/c16-13-7-11(15(17,18)19)8-20-14(13)21-9-12(22)6-10-4-2-1-3-5-10/h1-5,7-8,12,22H,6,9H2,(H,20,21). The summed E-state index contributed by atoms with van der Waals surface area (Å²) >= 11 is 5.77. The minimum absolute atomic E-state index is 0.113. The van der Waals surface area contributed by atoms with Gasteiger partial charge in [0, 0.05) is 19.2 Å². The van der Waals surface area contributed by atoms with Crippen molar-refractivity contribution in [3.8, 4) is 0 Å². The Bertz CT molecular complexity index is 620. The quantitative estimate of drug-likeness (QED) is 0.877. The van der Waals surface area contributed by atoms with Crippen LogP contribution in [0.3, 0.4) is 0 Å². The van der Waals surface area contributed by atoms with E-state index in [-0.39, 0.29) is 17.4 Å². The highest BCUT2D eigenvalue weighted by atomic mass is 35.5. The molecule has 2 aromatic rings. The maximum absolute atomic E-state index is 12.5. The first-order chi connectivity index (χ1) is 10.4. The Kier molecular flexibility index (Phi) is 5.26. The third-order valence-electron chi connectivity index (χ3n) is 2.99. The highest BCUT2D eigenvalue weighted by molar-refractivity contribution is 6.32. The summed E-state index contributed by atoms with van der Waals surface area (Å²) in [6, 6.07) is 10.2. The van der Waals surface area contributed by atoms with Crippen molar-refractivity contribution in [2.45, 2.75) is 18.7 Å². The zero-order valence-electron chi connectivity index (χ0n) is 11.4. The van der Waals surface area contributed by atoms with E-state index in [2.05, 4.69) is 10.3 Å². The van der Waals surface area contributed by atoms with Crippen molar-refractivity contribution in [2.24, 2.45) is 0 Å². The fourth-order valence-corrected chi connectivity index (χ4v) is 2.13. The van der Waals surface area contributed by atoms with Gasteiger partial charge < -0.3 is 10.4 Å². The summed E-state index contributed by atoms with van der Waals surface area (Å²) in [7, 11) is 0. The first kappa shape index (κ1) is 16.6. The Morgan fingerprint density at radius 1 is 1.23 bits per heavy atom. The zero-order chi connectivity index (χ0) is 16.2. The summed E-state index contributed by atoms with van der Waals surface area (Å²) < 4.78 is 37.5. The second-order valence-electron chi connectivity index (χ2n) is 4.78. The third kappa shape index (κ3) is 4.61. The number of alkyl halides is 3. The number of benzene rings is 1. The van der Waals surface area contributed by atoms with Crippen LogP contribution < -0.4 is 5.32 Å². The minimum atomic E-state index is -4.48. The molecule has 2 rings (SSSR count). The molecule has 1 heterocycles. The predicted molar refractivity (Wildman–Crippen MR) is 78.9 cm³/mol. The lowest BCUT2D eigenvalue weighted by Crippen LogP contribution is -2.22. The Morgan fingerprint density at radius 3 is 2.50 bits per heavy atom. The smallest absolute Gasteiger partial charge is 0.391 e. The van der Waals surface area contributed by atoms with E-state index < -0.39 is 17.8 Å². The van der Waals surface area contributed by atoms with Crippen LogP contribution in [0, 0.1) is 0 Å². The number of aliphatic hydroxyl groups is 1. The first-order valence-electron chi connectivity index (χ1n) is 6.55. The fraction of sp³-hybridized carbons (Fsp3) is 0.267. The molecular weight excluding hydrogens is 317 g/mol. The van der Waals surface area contributed by atoms with E-state index in [9.17, 15) is 18.3 Å². The highest BCUT2D eigenvalue weighted by Gasteiger charge is 2.31. The van der Waals surface area contributed by atoms with E-state index in [4.69, 9.17) is 11.6 Å². The molecule has 3 nitrogen and oxygen atoms in total. The number of aliphatic hydroxyl groups excluding tert-OH is 1. The zero-order valence-corrected chi connectivity index (χ0v) is 12.2. The summed E-state index contributed by atoms with van der Waals surface area (Å²) in [6.07, 6.45) is -4.06. The molecular formula is C15H14ClF3N2O. The molecule has 0 aliphatic carbocycles. The molecule has 0 aliphatic rings. The lowest BCUT2D eigenvalue weighted by Gasteiger charge is -2.14. The number of hydrogen-bond donors (Lipinski definition) is 2. The topological polar surface area (TPSA) is 45.1 Å². The van der Waals surface area contributed by atoms with Crippen molar-refractivity contribution in [1.82, 2.24) is 4.98 Å². The van der Waals surface area contributed by atoms with Gasteiger partial charge in [0.2, 0.25) is 0 Å². The summed E-state index contributed by atoms with van der Waals surface area (Å²) in [5, 5.41) is 12.5. The van der Waals surface area contributed by atoms with Crippen molar-refractivity contribution in [2.75, 3.05) is 11.9 Å². The van der Waals surface area contributed by atoms with Gasteiger partial charge in [0.25, 0.3) is 0 Å². The molecule has 7 heteroatoms. The van der Waals surface area contributed by atoms with E-state index in [1.54, 1.807) is 0 Å². The monoisotopic (exact) mass is 330 g/mol. The van der Waals surface area contributed by atoms with Crippen LogP contribution in [-0.4, -0.2) is 22.7 Å². The van der Waals surface area contributed by atoms with Gasteiger partial charge in [-0.05, 0) is 11.6 Å². The average molecular weight is 331 g/mol. The normalized spacial score (nSPS) is 13.0. The fourth-order valence-electron chi connectivity index (χ4n) is 1.90. The first-order valence-corrected chi connectivity index (χ1v) is 6.92. The molecule has 1 aromatic heterocycles. The van der Waals surface area contributed by atoms with Crippen LogP contribution >= 0.6 is 11.6 Å². The van der Waals surface area contributed by atoms with Gasteiger partial charge in [0.05, 0.1) is 16.7 Å². The number of nitrogens with zero attached hydrogens (tertiary/aromatic N) is 1. The van der Waals surface area contributed by atoms with Gasteiger partial charge in [-0.2, -0.15) is 13.2 Å². The van der Waals surface area contributed by atoms with Crippen molar-refractivity contribution in [3.05, 3.63) is 58.7 Å². The Morgan fingerprint density at radius 2 is 1.91 bits per heavy atom. The number of anilines is 1. The second-order valence-corrected chi connectivity index (χ2v) is 5.18. The van der Waals surface area contributed by atoms with Crippen molar-refractivity contribution < 1.29 is 18.3 Å². The molecule has 1 aromatic carbocycles. The van der Waals surface area contributed by atoms with Crippen LogP contribution in [0.1, 0.15) is 11.1 Å². The molecule has 0 aliphatic heterocycles. The molecule has 0 amide bonds. The van der Waals surface area contributed by atoms with Gasteiger partial charge in [0.15, 0.2) is 0 Å². The summed E-state index contributed by atoms with van der Waals surface area (Å²) in [5.74, 6) is 0.113. The maximum Gasteiger partial charge on any atom is 0.417 e. The van der Waals surface area contributed by atoms with Gasteiger partial charge in [-0.1, -0.05) is 41.9 Å². The van der Waals surface area contributed by atoms with Crippen molar-refractivity contribution in [3.63, 3.8) is 0 Å². The summed E-state index contributed by atoms with van der Waals surface area (Å²) in [6.45, 7) is 0.132. The molecule has 1 unspecified atom stereocenters. The molecule has 0 spiro atoms. The Balaban J connectivity index is 1.94. The van der Waals surface area contributed by atoms with Gasteiger partial charge in [0.1, 0.15) is 5.82 Å². The molecule has 22 heavy (non-hydrogen) atoms. The molecule has 0 saturated carbocycles. The van der Waals surface area contributed by atoms with E-state index >= 15 is 0 Å². The van der Waals surface area contributed by atoms with Gasteiger partial charge in [-0.3, -0.25) is 0 Å². The van der Waals surface area contributed by atoms with Crippen LogP contribution in [0.15, 0.2) is 42.6 Å². The summed E-state index contributed by atoms with van der Waals surface area (Å²) in [4.78, 5) is 3.65. The molecule has 0 radical (unpaired) electrons. The number of aromatic nitrogens is 1. The SMILES string of the molecule is OC(CNc1ncc(C(F)(F)F)cc1Cl)Cc1ccccc1. The number of halogens is 4. The van der Waals surface area contributed by atoms with Crippen LogP contribution in [0.25, 0.3) is 0 Å². The van der Waals surface area contributed by atoms with Crippen molar-refractivity contribution >= 4 is 17.4 Å². The molecule has 0 fully saturated rings. The van der Waals surface area contributed by atoms with E-state index in [1.807, 2.05) is 30.3 Å². The number of hydrogen-bond acceptors (Lipinski definition) is 3. The van der Waals surface area contributed by atoms with Crippen LogP contribution in [0.2, 0.25) is 5.02 Å². The average Bonchev–Trinajstić information content (AvgIpc) is 2.46. The summed E-state index contributed by atoms with van der Waals surface area (Å²) in [5.41, 5.74) is 0.0520. The van der Waals surface area contributed by atoms with Crippen LogP contribution in [-0.2, 0) is 12.6 Å². The minimum Gasteiger partial charge on any atom is -0.391 e. The lowest BCUT2D eigenvalue weighted by molar-refractivity contribution is -0.137. The predicted octanol–water partition coefficient (Wildman–Crippen LogP) is 3.77. The highest BCUT2D eigenvalue weighted by Crippen LogP contribution is 2.32. The molecule has 0 saturated heterocycles. The second kappa shape index (κ2) is 6.98. The van der Waals surface area contributed by atoms with E-state index in [0.29, 0.717) is 12.6 Å². The largest absolute Gasteiger partial charge is 0.417 e. The van der Waals surface area contributed by atoms with Crippen LogP contribution in [0.4, 0.5) is 19.0 Å². The number of pyridine rings is 1. The third-order valence-corrected chi connectivity index (χ3v) is 3.28. The Hall–Kier alpha value is -1.79. The van der Waals surface area contributed by atoms with E-state index in [0.717, 1.165) is 11.6 Å². The number of rotatable bonds is 5. The van der Waals surface area contributed by atoms with Gasteiger partial charge >= 0.3 is 6.18 Å². The number of nitrogens with one attached hydrogen (secondary N) is 1. The van der Waals surface area contributed by atoms with Crippen LogP contribution in [0.5, 0.6) is 0 Å². The molecule has 0 bridgehead atoms.